The van der Waals surface area contributed by atoms with Crippen molar-refractivity contribution in [1.82, 2.24) is 4.90 Å². The second kappa shape index (κ2) is 12.0. The van der Waals surface area contributed by atoms with Crippen LogP contribution in [-0.4, -0.2) is 42.1 Å². The first-order chi connectivity index (χ1) is 14.5. The molecule has 2 rings (SSSR count). The summed E-state index contributed by atoms with van der Waals surface area (Å²) in [5.41, 5.74) is 2.43. The van der Waals surface area contributed by atoms with Crippen molar-refractivity contribution in [3.8, 4) is 0 Å². The summed E-state index contributed by atoms with van der Waals surface area (Å²) in [6, 6.07) is 17.0. The van der Waals surface area contributed by atoms with E-state index in [-0.39, 0.29) is 24.4 Å². The summed E-state index contributed by atoms with van der Waals surface area (Å²) in [5, 5.41) is 0. The second-order valence-electron chi connectivity index (χ2n) is 6.65. The molecule has 0 unspecified atom stereocenters. The van der Waals surface area contributed by atoms with Crippen LogP contribution in [0.15, 0.2) is 66.7 Å². The summed E-state index contributed by atoms with van der Waals surface area (Å²) in [6.07, 6.45) is 0.258. The number of thioether (sulfide) groups is 1. The number of imide groups is 1. The molecule has 0 fully saturated rings. The fraction of sp³-hybridized carbons (Fsp3) is 0.292. The maximum Gasteiger partial charge on any atom is 0.333 e. The Morgan fingerprint density at radius 3 is 2.37 bits per heavy atom. The third-order valence-electron chi connectivity index (χ3n) is 4.56. The monoisotopic (exact) mass is 425 g/mol. The Morgan fingerprint density at radius 2 is 1.70 bits per heavy atom. The van der Waals surface area contributed by atoms with Gasteiger partial charge in [-0.25, -0.2) is 4.79 Å². The molecular formula is C24H27NO4S. The van der Waals surface area contributed by atoms with Gasteiger partial charge in [0.25, 0.3) is 5.91 Å². The molecule has 0 bridgehead atoms. The maximum atomic E-state index is 13.4. The fourth-order valence-electron chi connectivity index (χ4n) is 2.93. The van der Waals surface area contributed by atoms with Gasteiger partial charge in [-0.2, -0.15) is 11.8 Å². The first-order valence-corrected chi connectivity index (χ1v) is 10.9. The number of carbonyl (C=O) groups is 3. The Balaban J connectivity index is 2.27. The Bertz CT molecular complexity index is 895. The number of rotatable bonds is 10. The lowest BCUT2D eigenvalue weighted by Crippen LogP contribution is -2.39. The highest BCUT2D eigenvalue weighted by atomic mass is 32.2. The van der Waals surface area contributed by atoms with Crippen molar-refractivity contribution in [3.05, 3.63) is 83.4 Å². The third-order valence-corrected chi connectivity index (χ3v) is 5.48. The zero-order chi connectivity index (χ0) is 21.9. The molecule has 0 aliphatic rings. The largest absolute Gasteiger partial charge is 0.466 e. The van der Waals surface area contributed by atoms with E-state index >= 15 is 0 Å². The smallest absolute Gasteiger partial charge is 0.333 e. The molecule has 0 aliphatic heterocycles. The molecule has 2 aromatic carbocycles. The van der Waals surface area contributed by atoms with E-state index in [9.17, 15) is 14.4 Å². The van der Waals surface area contributed by atoms with Crippen LogP contribution < -0.4 is 0 Å². The Hall–Kier alpha value is -2.86. The van der Waals surface area contributed by atoms with Gasteiger partial charge in [-0.1, -0.05) is 62.0 Å². The first kappa shape index (κ1) is 23.4. The van der Waals surface area contributed by atoms with Gasteiger partial charge in [0.2, 0.25) is 5.91 Å². The van der Waals surface area contributed by atoms with Crippen molar-refractivity contribution < 1.29 is 19.1 Å². The average Bonchev–Trinajstić information content (AvgIpc) is 2.77. The lowest BCUT2D eigenvalue weighted by Gasteiger charge is -2.22. The molecule has 0 heterocycles. The molecule has 0 radical (unpaired) electrons. The van der Waals surface area contributed by atoms with E-state index in [2.05, 4.69) is 18.2 Å². The maximum absolute atomic E-state index is 13.4. The van der Waals surface area contributed by atoms with Crippen LogP contribution in [-0.2, 0) is 26.5 Å². The van der Waals surface area contributed by atoms with Gasteiger partial charge < -0.3 is 4.74 Å². The van der Waals surface area contributed by atoms with Crippen LogP contribution >= 0.6 is 11.8 Å². The molecule has 30 heavy (non-hydrogen) atoms. The first-order valence-electron chi connectivity index (χ1n) is 9.78. The van der Waals surface area contributed by atoms with E-state index in [1.807, 2.05) is 42.5 Å². The van der Waals surface area contributed by atoms with Crippen molar-refractivity contribution in [3.63, 3.8) is 0 Å². The van der Waals surface area contributed by atoms with Crippen molar-refractivity contribution in [2.75, 3.05) is 19.4 Å². The van der Waals surface area contributed by atoms with Crippen LogP contribution in [0, 0.1) is 0 Å². The SMILES string of the molecule is C=C(CC(=O)N(CCc1ccccc1)C(=O)c1ccccc1CSCC)C(=O)OC. The van der Waals surface area contributed by atoms with Gasteiger partial charge in [-0.05, 0) is 29.4 Å². The predicted molar refractivity (Wildman–Crippen MR) is 120 cm³/mol. The molecule has 0 aliphatic carbocycles. The van der Waals surface area contributed by atoms with E-state index in [0.717, 1.165) is 16.9 Å². The van der Waals surface area contributed by atoms with Gasteiger partial charge in [-0.3, -0.25) is 14.5 Å². The van der Waals surface area contributed by atoms with Crippen LogP contribution in [0.5, 0.6) is 0 Å². The van der Waals surface area contributed by atoms with Gasteiger partial charge in [0.1, 0.15) is 0 Å². The van der Waals surface area contributed by atoms with Gasteiger partial charge >= 0.3 is 5.97 Å². The highest BCUT2D eigenvalue weighted by Gasteiger charge is 2.26. The molecule has 158 valence electrons. The van der Waals surface area contributed by atoms with Gasteiger partial charge in [0, 0.05) is 23.4 Å². The summed E-state index contributed by atoms with van der Waals surface area (Å²) in [4.78, 5) is 39.2. The lowest BCUT2D eigenvalue weighted by atomic mass is 10.1. The summed E-state index contributed by atoms with van der Waals surface area (Å²) in [7, 11) is 1.23. The second-order valence-corrected chi connectivity index (χ2v) is 7.93. The molecule has 6 heteroatoms. The van der Waals surface area contributed by atoms with Crippen LogP contribution in [0.25, 0.3) is 0 Å². The zero-order valence-corrected chi connectivity index (χ0v) is 18.2. The predicted octanol–water partition coefficient (Wildman–Crippen LogP) is 4.27. The van der Waals surface area contributed by atoms with E-state index in [4.69, 9.17) is 0 Å². The van der Waals surface area contributed by atoms with E-state index in [1.165, 1.54) is 12.0 Å². The van der Waals surface area contributed by atoms with E-state index < -0.39 is 11.9 Å². The summed E-state index contributed by atoms with van der Waals surface area (Å²) in [5.74, 6) is 0.135. The molecule has 0 atom stereocenters. The number of benzene rings is 2. The highest BCUT2D eigenvalue weighted by Crippen LogP contribution is 2.19. The van der Waals surface area contributed by atoms with Crippen molar-refractivity contribution in [1.29, 1.82) is 0 Å². The molecule has 2 amide bonds. The molecule has 0 spiro atoms. The minimum absolute atomic E-state index is 0.0230. The standard InChI is InChI=1S/C24H27NO4S/c1-4-30-17-20-12-8-9-13-21(20)23(27)25(15-14-19-10-6-5-7-11-19)22(26)16-18(2)24(28)29-3/h5-13H,2,4,14-17H2,1,3H3. The topological polar surface area (TPSA) is 63.7 Å². The summed E-state index contributed by atoms with van der Waals surface area (Å²) < 4.78 is 4.63. The minimum Gasteiger partial charge on any atom is -0.466 e. The van der Waals surface area contributed by atoms with Crippen molar-refractivity contribution >= 4 is 29.5 Å². The zero-order valence-electron chi connectivity index (χ0n) is 17.4. The molecule has 5 nitrogen and oxygen atoms in total. The molecule has 0 saturated heterocycles. The van der Waals surface area contributed by atoms with Crippen LogP contribution in [0.4, 0.5) is 0 Å². The number of carbonyl (C=O) groups excluding carboxylic acids is 3. The molecule has 2 aromatic rings. The average molecular weight is 426 g/mol. The Kier molecular flexibility index (Phi) is 9.35. The van der Waals surface area contributed by atoms with Crippen LogP contribution in [0.2, 0.25) is 0 Å². The van der Waals surface area contributed by atoms with E-state index in [1.54, 1.807) is 23.9 Å². The number of methoxy groups -OCH3 is 1. The lowest BCUT2D eigenvalue weighted by molar-refractivity contribution is -0.138. The number of hydrogen-bond donors (Lipinski definition) is 0. The number of ether oxygens (including phenoxy) is 1. The third kappa shape index (κ3) is 6.59. The van der Waals surface area contributed by atoms with E-state index in [0.29, 0.717) is 17.7 Å². The number of amides is 2. The number of hydrogen-bond acceptors (Lipinski definition) is 5. The Morgan fingerprint density at radius 1 is 1.03 bits per heavy atom. The fourth-order valence-corrected chi connectivity index (χ4v) is 3.61. The van der Waals surface area contributed by atoms with Crippen LogP contribution in [0.3, 0.4) is 0 Å². The van der Waals surface area contributed by atoms with Gasteiger partial charge in [0.05, 0.1) is 13.5 Å². The highest BCUT2D eigenvalue weighted by molar-refractivity contribution is 7.98. The normalized spacial score (nSPS) is 10.3. The molecular weight excluding hydrogens is 398 g/mol. The Labute approximate surface area is 182 Å². The van der Waals surface area contributed by atoms with Crippen molar-refractivity contribution in [2.45, 2.75) is 25.5 Å². The molecule has 0 N–H and O–H groups in total. The number of esters is 1. The quantitative estimate of drug-likeness (QED) is 0.420. The minimum atomic E-state index is -0.654. The van der Waals surface area contributed by atoms with Crippen LogP contribution in [0.1, 0.15) is 34.8 Å². The summed E-state index contributed by atoms with van der Waals surface area (Å²) >= 11 is 1.71. The summed E-state index contributed by atoms with van der Waals surface area (Å²) in [6.45, 7) is 5.89. The molecule has 0 saturated carbocycles. The van der Waals surface area contributed by atoms with Crippen molar-refractivity contribution in [2.24, 2.45) is 0 Å². The number of nitrogens with zero attached hydrogens (tertiary/aromatic N) is 1. The van der Waals surface area contributed by atoms with Gasteiger partial charge in [-0.15, -0.1) is 0 Å². The van der Waals surface area contributed by atoms with Gasteiger partial charge in [0.15, 0.2) is 0 Å². The molecule has 0 aromatic heterocycles.